The molecular formula is C16H33N. The fourth-order valence-electron chi connectivity index (χ4n) is 3.36. The van der Waals surface area contributed by atoms with Crippen molar-refractivity contribution >= 4 is 0 Å². The molecule has 1 saturated carbocycles. The van der Waals surface area contributed by atoms with Crippen molar-refractivity contribution in [1.82, 2.24) is 0 Å². The lowest BCUT2D eigenvalue weighted by molar-refractivity contribution is 0.316. The number of rotatable bonds is 8. The van der Waals surface area contributed by atoms with Gasteiger partial charge in [-0.3, -0.25) is 0 Å². The Morgan fingerprint density at radius 1 is 0.882 bits per heavy atom. The standard InChI is InChI=1S/C16H33N/c1-4-5-6-7-8-9-10-11-16(17)13-12-15(2,3)14-16/h4-14,17H2,1-3H3. The Kier molecular flexibility index (Phi) is 5.99. The smallest absolute Gasteiger partial charge is 0.0159 e. The van der Waals surface area contributed by atoms with Gasteiger partial charge in [0.2, 0.25) is 0 Å². The molecule has 1 unspecified atom stereocenters. The van der Waals surface area contributed by atoms with E-state index < -0.39 is 0 Å². The molecule has 1 rings (SSSR count). The molecule has 1 atom stereocenters. The van der Waals surface area contributed by atoms with Gasteiger partial charge in [0.1, 0.15) is 0 Å². The van der Waals surface area contributed by atoms with E-state index in [0.717, 1.165) is 0 Å². The van der Waals surface area contributed by atoms with Crippen LogP contribution in [0.15, 0.2) is 0 Å². The first kappa shape index (κ1) is 15.0. The van der Waals surface area contributed by atoms with E-state index >= 15 is 0 Å². The van der Waals surface area contributed by atoms with Gasteiger partial charge in [0.05, 0.1) is 0 Å². The van der Waals surface area contributed by atoms with Gasteiger partial charge in [0.15, 0.2) is 0 Å². The maximum atomic E-state index is 6.50. The molecule has 17 heavy (non-hydrogen) atoms. The van der Waals surface area contributed by atoms with Crippen LogP contribution < -0.4 is 5.73 Å². The summed E-state index contributed by atoms with van der Waals surface area (Å²) in [4.78, 5) is 0. The number of nitrogens with two attached hydrogens (primary N) is 1. The van der Waals surface area contributed by atoms with Crippen molar-refractivity contribution in [3.8, 4) is 0 Å². The highest BCUT2D eigenvalue weighted by molar-refractivity contribution is 4.97. The van der Waals surface area contributed by atoms with Gasteiger partial charge in [-0.05, 0) is 31.1 Å². The van der Waals surface area contributed by atoms with E-state index in [1.165, 1.54) is 70.6 Å². The van der Waals surface area contributed by atoms with E-state index in [4.69, 9.17) is 5.73 Å². The van der Waals surface area contributed by atoms with Crippen LogP contribution in [0, 0.1) is 5.41 Å². The molecule has 0 amide bonds. The fourth-order valence-corrected chi connectivity index (χ4v) is 3.36. The molecule has 1 aliphatic rings. The van der Waals surface area contributed by atoms with Crippen molar-refractivity contribution in [1.29, 1.82) is 0 Å². The van der Waals surface area contributed by atoms with E-state index in [0.29, 0.717) is 5.41 Å². The first-order chi connectivity index (χ1) is 7.97. The Labute approximate surface area is 109 Å². The molecule has 0 heterocycles. The minimum absolute atomic E-state index is 0.174. The number of hydrogen-bond donors (Lipinski definition) is 1. The third-order valence-electron chi connectivity index (χ3n) is 4.41. The van der Waals surface area contributed by atoms with Gasteiger partial charge in [-0.15, -0.1) is 0 Å². The molecule has 2 N–H and O–H groups in total. The molecule has 102 valence electrons. The average Bonchev–Trinajstić information content (AvgIpc) is 2.52. The highest BCUT2D eigenvalue weighted by Crippen LogP contribution is 2.44. The second-order valence-electron chi connectivity index (χ2n) is 7.07. The second kappa shape index (κ2) is 6.78. The Bertz CT molecular complexity index is 210. The summed E-state index contributed by atoms with van der Waals surface area (Å²) in [6.45, 7) is 7.01. The van der Waals surface area contributed by atoms with Crippen LogP contribution in [-0.2, 0) is 0 Å². The summed E-state index contributed by atoms with van der Waals surface area (Å²) in [6, 6.07) is 0. The molecule has 0 bridgehead atoms. The quantitative estimate of drug-likeness (QED) is 0.590. The molecule has 0 aromatic carbocycles. The Morgan fingerprint density at radius 2 is 1.47 bits per heavy atom. The highest BCUT2D eigenvalue weighted by atomic mass is 14.8. The zero-order valence-corrected chi connectivity index (χ0v) is 12.4. The lowest BCUT2D eigenvalue weighted by atomic mass is 9.85. The van der Waals surface area contributed by atoms with E-state index in [9.17, 15) is 0 Å². The summed E-state index contributed by atoms with van der Waals surface area (Å²) in [5.41, 5.74) is 7.17. The number of unbranched alkanes of at least 4 members (excludes halogenated alkanes) is 6. The minimum Gasteiger partial charge on any atom is -0.325 e. The molecule has 1 nitrogen and oxygen atoms in total. The summed E-state index contributed by atoms with van der Waals surface area (Å²) in [5.74, 6) is 0. The molecule has 0 aliphatic heterocycles. The molecule has 0 aromatic rings. The summed E-state index contributed by atoms with van der Waals surface area (Å²) in [5, 5.41) is 0. The molecule has 1 aliphatic carbocycles. The molecule has 0 saturated heterocycles. The first-order valence-corrected chi connectivity index (χ1v) is 7.76. The average molecular weight is 239 g/mol. The van der Waals surface area contributed by atoms with Crippen LogP contribution in [0.3, 0.4) is 0 Å². The van der Waals surface area contributed by atoms with Gasteiger partial charge in [-0.1, -0.05) is 65.7 Å². The van der Waals surface area contributed by atoms with Crippen LogP contribution >= 0.6 is 0 Å². The zero-order chi connectivity index (χ0) is 12.8. The predicted molar refractivity (Wildman–Crippen MR) is 77.2 cm³/mol. The lowest BCUT2D eigenvalue weighted by Gasteiger charge is -2.26. The van der Waals surface area contributed by atoms with Crippen molar-refractivity contribution in [2.45, 2.75) is 96.9 Å². The molecule has 0 aromatic heterocycles. The summed E-state index contributed by atoms with van der Waals surface area (Å²) >= 11 is 0. The fraction of sp³-hybridized carbons (Fsp3) is 1.00. The van der Waals surface area contributed by atoms with Crippen molar-refractivity contribution in [3.63, 3.8) is 0 Å². The van der Waals surface area contributed by atoms with Crippen LogP contribution in [0.25, 0.3) is 0 Å². The maximum absolute atomic E-state index is 6.50. The molecule has 1 heteroatoms. The van der Waals surface area contributed by atoms with Gasteiger partial charge in [0.25, 0.3) is 0 Å². The Morgan fingerprint density at radius 3 is 2.00 bits per heavy atom. The largest absolute Gasteiger partial charge is 0.325 e. The van der Waals surface area contributed by atoms with Crippen LogP contribution in [0.4, 0.5) is 0 Å². The van der Waals surface area contributed by atoms with Crippen molar-refractivity contribution in [2.75, 3.05) is 0 Å². The third kappa shape index (κ3) is 5.90. The topological polar surface area (TPSA) is 26.0 Å². The Balaban J connectivity index is 2.03. The lowest BCUT2D eigenvalue weighted by Crippen LogP contribution is -2.37. The van der Waals surface area contributed by atoms with Crippen LogP contribution in [0.5, 0.6) is 0 Å². The summed E-state index contributed by atoms with van der Waals surface area (Å²) < 4.78 is 0. The zero-order valence-electron chi connectivity index (χ0n) is 12.4. The van der Waals surface area contributed by atoms with E-state index in [1.54, 1.807) is 0 Å². The van der Waals surface area contributed by atoms with E-state index in [2.05, 4.69) is 20.8 Å². The molecule has 0 radical (unpaired) electrons. The summed E-state index contributed by atoms with van der Waals surface area (Å²) in [7, 11) is 0. The van der Waals surface area contributed by atoms with Crippen LogP contribution in [0.1, 0.15) is 91.4 Å². The molecule has 1 fully saturated rings. The van der Waals surface area contributed by atoms with Gasteiger partial charge >= 0.3 is 0 Å². The van der Waals surface area contributed by atoms with Crippen LogP contribution in [-0.4, -0.2) is 5.54 Å². The minimum atomic E-state index is 0.174. The van der Waals surface area contributed by atoms with E-state index in [-0.39, 0.29) is 5.54 Å². The van der Waals surface area contributed by atoms with Crippen LogP contribution in [0.2, 0.25) is 0 Å². The van der Waals surface area contributed by atoms with Crippen molar-refractivity contribution in [2.24, 2.45) is 11.1 Å². The summed E-state index contributed by atoms with van der Waals surface area (Å²) in [6.07, 6.45) is 14.8. The van der Waals surface area contributed by atoms with Gasteiger partial charge in [0, 0.05) is 5.54 Å². The molecular weight excluding hydrogens is 206 g/mol. The predicted octanol–water partition coefficient (Wildman–Crippen LogP) is 5.03. The normalized spacial score (nSPS) is 27.5. The monoisotopic (exact) mass is 239 g/mol. The van der Waals surface area contributed by atoms with Gasteiger partial charge < -0.3 is 5.73 Å². The second-order valence-corrected chi connectivity index (χ2v) is 7.07. The number of hydrogen-bond acceptors (Lipinski definition) is 1. The van der Waals surface area contributed by atoms with Crippen molar-refractivity contribution < 1.29 is 0 Å². The first-order valence-electron chi connectivity index (χ1n) is 7.76. The highest BCUT2D eigenvalue weighted by Gasteiger charge is 2.39. The Hall–Kier alpha value is -0.0400. The van der Waals surface area contributed by atoms with E-state index in [1.807, 2.05) is 0 Å². The maximum Gasteiger partial charge on any atom is 0.0159 e. The van der Waals surface area contributed by atoms with Gasteiger partial charge in [-0.25, -0.2) is 0 Å². The molecule has 0 spiro atoms. The SMILES string of the molecule is CCCCCCCCCC1(N)CCC(C)(C)C1. The third-order valence-corrected chi connectivity index (χ3v) is 4.41. The van der Waals surface area contributed by atoms with Gasteiger partial charge in [-0.2, -0.15) is 0 Å². The van der Waals surface area contributed by atoms with Crippen molar-refractivity contribution in [3.05, 3.63) is 0 Å².